The van der Waals surface area contributed by atoms with E-state index in [9.17, 15) is 10.2 Å². The molecule has 3 saturated heterocycles. The third-order valence-corrected chi connectivity index (χ3v) is 6.99. The number of ether oxygens (including phenoxy) is 6. The number of fused-ring (bicyclic) bond motifs is 1. The monoisotopic (exact) mass is 464 g/mol. The van der Waals surface area contributed by atoms with E-state index < -0.39 is 49.4 Å². The standard InChI is InChI=1S/C25H36O8/c1-5-12-28-24-20(27)22(33-25-19(26)15(4)14(3)17(6-2)30-25)21-18(31-24)13-29-23(32-21)16-10-8-7-9-11-16/h5,7-11,14-15,17-27H,1,6,12-13H2,2-4H3. The summed E-state index contributed by atoms with van der Waals surface area (Å²) in [5.74, 6) is 0.157. The Morgan fingerprint density at radius 3 is 2.48 bits per heavy atom. The van der Waals surface area contributed by atoms with Gasteiger partial charge in [-0.1, -0.05) is 57.2 Å². The summed E-state index contributed by atoms with van der Waals surface area (Å²) >= 11 is 0. The topological polar surface area (TPSA) is 95.8 Å². The molecular weight excluding hydrogens is 428 g/mol. The normalized spacial score (nSPS) is 43.6. The van der Waals surface area contributed by atoms with Crippen LogP contribution in [0.15, 0.2) is 43.0 Å². The van der Waals surface area contributed by atoms with Crippen LogP contribution in [0, 0.1) is 11.8 Å². The van der Waals surface area contributed by atoms with Crippen LogP contribution in [0.4, 0.5) is 0 Å². The molecule has 3 aliphatic rings. The molecule has 11 unspecified atom stereocenters. The molecular formula is C25H36O8. The van der Waals surface area contributed by atoms with Gasteiger partial charge in [-0.05, 0) is 18.3 Å². The second-order valence-corrected chi connectivity index (χ2v) is 9.09. The molecule has 1 aromatic carbocycles. The van der Waals surface area contributed by atoms with E-state index in [4.69, 9.17) is 28.4 Å². The predicted molar refractivity (Wildman–Crippen MR) is 119 cm³/mol. The van der Waals surface area contributed by atoms with Crippen LogP contribution in [0.3, 0.4) is 0 Å². The minimum absolute atomic E-state index is 0.0260. The van der Waals surface area contributed by atoms with Gasteiger partial charge in [0.25, 0.3) is 0 Å². The maximum atomic E-state index is 11.1. The van der Waals surface area contributed by atoms with Crippen molar-refractivity contribution in [3.05, 3.63) is 48.6 Å². The second-order valence-electron chi connectivity index (χ2n) is 9.09. The number of aliphatic hydroxyl groups is 2. The van der Waals surface area contributed by atoms with Crippen molar-refractivity contribution in [1.82, 2.24) is 0 Å². The van der Waals surface area contributed by atoms with Crippen molar-refractivity contribution in [3.8, 4) is 0 Å². The molecule has 0 aliphatic carbocycles. The van der Waals surface area contributed by atoms with Crippen LogP contribution in [0.5, 0.6) is 0 Å². The molecule has 11 atom stereocenters. The lowest BCUT2D eigenvalue weighted by Gasteiger charge is -2.50. The Morgan fingerprint density at radius 2 is 1.79 bits per heavy atom. The minimum atomic E-state index is -1.16. The van der Waals surface area contributed by atoms with Crippen molar-refractivity contribution in [1.29, 1.82) is 0 Å². The van der Waals surface area contributed by atoms with Crippen LogP contribution < -0.4 is 0 Å². The van der Waals surface area contributed by atoms with Gasteiger partial charge in [0, 0.05) is 5.56 Å². The zero-order chi connectivity index (χ0) is 23.5. The molecule has 0 spiro atoms. The number of hydrogen-bond donors (Lipinski definition) is 2. The van der Waals surface area contributed by atoms with Crippen molar-refractivity contribution in [2.45, 2.75) is 82.7 Å². The molecule has 0 amide bonds. The Bertz CT molecular complexity index is 758. The molecule has 2 N–H and O–H groups in total. The highest BCUT2D eigenvalue weighted by atomic mass is 16.8. The first kappa shape index (κ1) is 24.8. The highest BCUT2D eigenvalue weighted by Gasteiger charge is 2.53. The summed E-state index contributed by atoms with van der Waals surface area (Å²) in [6, 6.07) is 9.57. The van der Waals surface area contributed by atoms with E-state index in [2.05, 4.69) is 13.5 Å². The highest BCUT2D eigenvalue weighted by molar-refractivity contribution is 5.16. The average Bonchev–Trinajstić information content (AvgIpc) is 2.85. The molecule has 0 aromatic heterocycles. The van der Waals surface area contributed by atoms with Crippen LogP contribution in [0.25, 0.3) is 0 Å². The molecule has 0 radical (unpaired) electrons. The van der Waals surface area contributed by atoms with Crippen molar-refractivity contribution in [2.75, 3.05) is 13.2 Å². The van der Waals surface area contributed by atoms with Gasteiger partial charge in [0.15, 0.2) is 18.9 Å². The lowest BCUT2D eigenvalue weighted by atomic mass is 9.82. The zero-order valence-electron chi connectivity index (χ0n) is 19.5. The van der Waals surface area contributed by atoms with E-state index in [0.29, 0.717) is 0 Å². The van der Waals surface area contributed by atoms with Gasteiger partial charge in [0.05, 0.1) is 19.3 Å². The molecule has 0 saturated carbocycles. The van der Waals surface area contributed by atoms with E-state index >= 15 is 0 Å². The summed E-state index contributed by atoms with van der Waals surface area (Å²) in [7, 11) is 0. The summed E-state index contributed by atoms with van der Waals surface area (Å²) in [6.45, 7) is 10.2. The number of benzene rings is 1. The maximum absolute atomic E-state index is 11.1. The quantitative estimate of drug-likeness (QED) is 0.595. The van der Waals surface area contributed by atoms with Gasteiger partial charge in [0.2, 0.25) is 0 Å². The molecule has 3 fully saturated rings. The van der Waals surface area contributed by atoms with Gasteiger partial charge < -0.3 is 38.6 Å². The highest BCUT2D eigenvalue weighted by Crippen LogP contribution is 2.39. The van der Waals surface area contributed by atoms with Gasteiger partial charge in [-0.2, -0.15) is 0 Å². The summed E-state index contributed by atoms with van der Waals surface area (Å²) in [6.07, 6.45) is -4.17. The molecule has 33 heavy (non-hydrogen) atoms. The summed E-state index contributed by atoms with van der Waals surface area (Å²) < 4.78 is 36.2. The number of hydrogen-bond acceptors (Lipinski definition) is 8. The zero-order valence-corrected chi connectivity index (χ0v) is 19.5. The Hall–Kier alpha value is -1.36. The number of rotatable bonds is 7. The van der Waals surface area contributed by atoms with Crippen molar-refractivity contribution in [3.63, 3.8) is 0 Å². The van der Waals surface area contributed by atoms with Gasteiger partial charge in [0.1, 0.15) is 30.5 Å². The SMILES string of the molecule is C=CCOC1OC2COC(c3ccccc3)OC2C(OC2OC(CC)C(C)C(C)C2O)C1O. The fourth-order valence-electron chi connectivity index (χ4n) is 4.81. The molecule has 3 aliphatic heterocycles. The molecule has 3 heterocycles. The van der Waals surface area contributed by atoms with Crippen LogP contribution >= 0.6 is 0 Å². The fraction of sp³-hybridized carbons (Fsp3) is 0.680. The summed E-state index contributed by atoms with van der Waals surface area (Å²) in [4.78, 5) is 0. The van der Waals surface area contributed by atoms with Gasteiger partial charge in [-0.3, -0.25) is 0 Å². The first-order valence-corrected chi connectivity index (χ1v) is 11.8. The number of aliphatic hydroxyl groups excluding tert-OH is 2. The molecule has 8 heteroatoms. The van der Waals surface area contributed by atoms with Crippen LogP contribution in [-0.2, 0) is 28.4 Å². The van der Waals surface area contributed by atoms with Crippen LogP contribution in [0.2, 0.25) is 0 Å². The first-order chi connectivity index (χ1) is 15.9. The molecule has 4 rings (SSSR count). The lowest BCUT2D eigenvalue weighted by molar-refractivity contribution is -0.388. The van der Waals surface area contributed by atoms with E-state index in [-0.39, 0.29) is 31.2 Å². The Labute approximate surface area is 195 Å². The molecule has 8 nitrogen and oxygen atoms in total. The van der Waals surface area contributed by atoms with E-state index in [0.717, 1.165) is 12.0 Å². The van der Waals surface area contributed by atoms with E-state index in [1.54, 1.807) is 6.08 Å². The van der Waals surface area contributed by atoms with Crippen molar-refractivity contribution < 1.29 is 38.6 Å². The third kappa shape index (κ3) is 5.18. The Kier molecular flexibility index (Phi) is 8.19. The summed E-state index contributed by atoms with van der Waals surface area (Å²) in [5, 5.41) is 22.0. The molecule has 184 valence electrons. The Balaban J connectivity index is 1.56. The summed E-state index contributed by atoms with van der Waals surface area (Å²) in [5.41, 5.74) is 0.858. The van der Waals surface area contributed by atoms with E-state index in [1.165, 1.54) is 0 Å². The van der Waals surface area contributed by atoms with E-state index in [1.807, 2.05) is 44.2 Å². The lowest BCUT2D eigenvalue weighted by Crippen LogP contribution is -2.65. The molecule has 0 bridgehead atoms. The smallest absolute Gasteiger partial charge is 0.187 e. The minimum Gasteiger partial charge on any atom is -0.388 e. The predicted octanol–water partition coefficient (Wildman–Crippen LogP) is 2.54. The van der Waals surface area contributed by atoms with Crippen molar-refractivity contribution >= 4 is 0 Å². The van der Waals surface area contributed by atoms with Gasteiger partial charge in [-0.15, -0.1) is 6.58 Å². The average molecular weight is 465 g/mol. The largest absolute Gasteiger partial charge is 0.388 e. The fourth-order valence-corrected chi connectivity index (χ4v) is 4.81. The maximum Gasteiger partial charge on any atom is 0.187 e. The Morgan fingerprint density at radius 1 is 1.03 bits per heavy atom. The second kappa shape index (κ2) is 10.9. The van der Waals surface area contributed by atoms with Gasteiger partial charge >= 0.3 is 0 Å². The molecule has 1 aromatic rings. The van der Waals surface area contributed by atoms with Crippen LogP contribution in [0.1, 0.15) is 39.0 Å². The van der Waals surface area contributed by atoms with Gasteiger partial charge in [-0.25, -0.2) is 0 Å². The first-order valence-electron chi connectivity index (χ1n) is 11.8. The third-order valence-electron chi connectivity index (χ3n) is 6.99. The van der Waals surface area contributed by atoms with Crippen molar-refractivity contribution in [2.24, 2.45) is 11.8 Å². The van der Waals surface area contributed by atoms with Crippen LogP contribution in [-0.4, -0.2) is 72.6 Å².